The van der Waals surface area contributed by atoms with Gasteiger partial charge in [-0.1, -0.05) is 26.8 Å². The van der Waals surface area contributed by atoms with Crippen molar-refractivity contribution in [1.29, 1.82) is 0 Å². The molecule has 0 saturated carbocycles. The summed E-state index contributed by atoms with van der Waals surface area (Å²) in [5.74, 6) is 0.260. The topological polar surface area (TPSA) is 93.1 Å². The van der Waals surface area contributed by atoms with E-state index in [9.17, 15) is 13.2 Å². The molecule has 1 aromatic heterocycles. The molecule has 0 aliphatic heterocycles. The van der Waals surface area contributed by atoms with Crippen LogP contribution in [0.5, 0.6) is 0 Å². The number of amides is 1. The lowest BCUT2D eigenvalue weighted by molar-refractivity contribution is 0.102. The number of benzene rings is 1. The minimum Gasteiger partial charge on any atom is -0.307 e. The number of hydrogen-bond donors (Lipinski definition) is 2. The molecule has 0 aliphatic rings. The van der Waals surface area contributed by atoms with E-state index in [4.69, 9.17) is 0 Å². The van der Waals surface area contributed by atoms with E-state index in [1.165, 1.54) is 30.3 Å². The van der Waals surface area contributed by atoms with Crippen LogP contribution in [0.2, 0.25) is 0 Å². The van der Waals surface area contributed by atoms with Crippen molar-refractivity contribution in [1.82, 2.24) is 14.5 Å². The van der Waals surface area contributed by atoms with Crippen molar-refractivity contribution in [2.24, 2.45) is 0 Å². The average Bonchev–Trinajstić information content (AvgIpc) is 3.04. The number of nitrogens with zero attached hydrogens (tertiary/aromatic N) is 2. The maximum atomic E-state index is 12.8. The lowest BCUT2D eigenvalue weighted by atomic mass is 9.92. The van der Waals surface area contributed by atoms with Gasteiger partial charge in [-0.15, -0.1) is 6.58 Å². The van der Waals surface area contributed by atoms with Gasteiger partial charge in [0.25, 0.3) is 5.91 Å². The Morgan fingerprint density at radius 2 is 1.72 bits per heavy atom. The smallest absolute Gasteiger partial charge is 0.256 e. The number of hydrogen-bond acceptors (Lipinski definition) is 4. The van der Waals surface area contributed by atoms with E-state index in [1.54, 1.807) is 4.68 Å². The van der Waals surface area contributed by atoms with Crippen molar-refractivity contribution in [2.45, 2.75) is 57.4 Å². The molecule has 29 heavy (non-hydrogen) atoms. The van der Waals surface area contributed by atoms with Crippen molar-refractivity contribution in [3.8, 4) is 0 Å². The third-order valence-electron chi connectivity index (χ3n) is 4.20. The molecule has 0 saturated heterocycles. The first-order valence-electron chi connectivity index (χ1n) is 9.39. The second kappa shape index (κ2) is 8.12. The lowest BCUT2D eigenvalue weighted by Crippen LogP contribution is -2.27. The Balaban J connectivity index is 2.29. The molecule has 1 heterocycles. The molecule has 158 valence electrons. The van der Waals surface area contributed by atoms with E-state index in [-0.39, 0.29) is 28.3 Å². The Labute approximate surface area is 173 Å². The molecule has 2 N–H and O–H groups in total. The van der Waals surface area contributed by atoms with Crippen LogP contribution in [0, 0.1) is 0 Å². The minimum absolute atomic E-state index is 0.0886. The number of carbonyl (C=O) groups is 1. The Hall–Kier alpha value is -2.45. The third-order valence-corrected chi connectivity index (χ3v) is 5.64. The van der Waals surface area contributed by atoms with Crippen LogP contribution >= 0.6 is 0 Å². The van der Waals surface area contributed by atoms with Gasteiger partial charge in [0.15, 0.2) is 0 Å². The van der Waals surface area contributed by atoms with Gasteiger partial charge in [-0.25, -0.2) is 17.8 Å². The Morgan fingerprint density at radius 1 is 1.14 bits per heavy atom. The highest BCUT2D eigenvalue weighted by atomic mass is 32.2. The van der Waals surface area contributed by atoms with Gasteiger partial charge in [-0.3, -0.25) is 4.79 Å². The van der Waals surface area contributed by atoms with Gasteiger partial charge in [-0.05, 0) is 45.0 Å². The molecular weight excluding hydrogens is 388 g/mol. The number of rotatable bonds is 6. The molecule has 0 unspecified atom stereocenters. The summed E-state index contributed by atoms with van der Waals surface area (Å²) in [5, 5.41) is 7.58. The molecule has 0 atom stereocenters. The van der Waals surface area contributed by atoms with E-state index in [0.29, 0.717) is 11.4 Å². The largest absolute Gasteiger partial charge is 0.307 e. The second-order valence-electron chi connectivity index (χ2n) is 8.87. The predicted molar refractivity (Wildman–Crippen MR) is 116 cm³/mol. The van der Waals surface area contributed by atoms with Crippen molar-refractivity contribution >= 4 is 21.7 Å². The van der Waals surface area contributed by atoms with Crippen LogP contribution in [-0.4, -0.2) is 30.7 Å². The van der Waals surface area contributed by atoms with Crippen molar-refractivity contribution < 1.29 is 13.2 Å². The van der Waals surface area contributed by atoms with Crippen LogP contribution in [0.1, 0.15) is 57.6 Å². The number of nitrogens with one attached hydrogen (secondary N) is 2. The van der Waals surface area contributed by atoms with Crippen molar-refractivity contribution in [3.05, 3.63) is 54.2 Å². The summed E-state index contributed by atoms with van der Waals surface area (Å²) in [4.78, 5) is 12.8. The third kappa shape index (κ3) is 5.55. The van der Waals surface area contributed by atoms with Gasteiger partial charge in [0, 0.05) is 23.6 Å². The molecule has 7 nitrogen and oxygen atoms in total. The van der Waals surface area contributed by atoms with Crippen LogP contribution in [0.4, 0.5) is 5.82 Å². The number of aromatic nitrogens is 2. The number of sulfonamides is 1. The van der Waals surface area contributed by atoms with Gasteiger partial charge in [0.2, 0.25) is 10.0 Å². The summed E-state index contributed by atoms with van der Waals surface area (Å²) in [6.07, 6.45) is 1.46. The van der Waals surface area contributed by atoms with E-state index >= 15 is 0 Å². The lowest BCUT2D eigenvalue weighted by Gasteiger charge is -2.23. The minimum atomic E-state index is -3.63. The highest BCUT2D eigenvalue weighted by Gasteiger charge is 2.26. The van der Waals surface area contributed by atoms with Gasteiger partial charge in [0.05, 0.1) is 16.1 Å². The highest BCUT2D eigenvalue weighted by Crippen LogP contribution is 2.28. The molecule has 0 bridgehead atoms. The first-order chi connectivity index (χ1) is 13.3. The van der Waals surface area contributed by atoms with Crippen molar-refractivity contribution in [2.75, 3.05) is 11.9 Å². The molecule has 2 rings (SSSR count). The first kappa shape index (κ1) is 22.8. The van der Waals surface area contributed by atoms with E-state index in [0.717, 1.165) is 5.69 Å². The zero-order chi connectivity index (χ0) is 22.0. The highest BCUT2D eigenvalue weighted by molar-refractivity contribution is 7.89. The van der Waals surface area contributed by atoms with Gasteiger partial charge in [-0.2, -0.15) is 5.10 Å². The Bertz CT molecular complexity index is 992. The fourth-order valence-electron chi connectivity index (χ4n) is 2.57. The summed E-state index contributed by atoms with van der Waals surface area (Å²) in [5.41, 5.74) is 0.745. The molecule has 1 aromatic carbocycles. The normalized spacial score (nSPS) is 12.6. The van der Waals surface area contributed by atoms with E-state index in [1.807, 2.05) is 26.8 Å². The zero-order valence-corrected chi connectivity index (χ0v) is 18.7. The zero-order valence-electron chi connectivity index (χ0n) is 17.9. The van der Waals surface area contributed by atoms with Gasteiger partial charge < -0.3 is 5.32 Å². The Kier molecular flexibility index (Phi) is 6.39. The quantitative estimate of drug-likeness (QED) is 0.700. The summed E-state index contributed by atoms with van der Waals surface area (Å²) in [6.45, 7) is 15.8. The molecule has 0 fully saturated rings. The van der Waals surface area contributed by atoms with Crippen LogP contribution in [0.3, 0.4) is 0 Å². The van der Waals surface area contributed by atoms with E-state index in [2.05, 4.69) is 42.5 Å². The van der Waals surface area contributed by atoms with Gasteiger partial charge in [0.1, 0.15) is 5.82 Å². The predicted octanol–water partition coefficient (Wildman–Crippen LogP) is 3.65. The fourth-order valence-corrected chi connectivity index (χ4v) is 3.57. The molecule has 0 radical (unpaired) electrons. The Morgan fingerprint density at radius 3 is 2.21 bits per heavy atom. The molecule has 0 spiro atoms. The summed E-state index contributed by atoms with van der Waals surface area (Å²) in [6, 6.07) is 7.66. The average molecular weight is 419 g/mol. The second-order valence-corrected chi connectivity index (χ2v) is 10.6. The maximum absolute atomic E-state index is 12.8. The molecular formula is C21H30N4O3S. The van der Waals surface area contributed by atoms with Gasteiger partial charge >= 0.3 is 0 Å². The molecule has 0 aliphatic carbocycles. The fraction of sp³-hybridized carbons (Fsp3) is 0.429. The number of carbonyl (C=O) groups excluding carboxylic acids is 1. The monoisotopic (exact) mass is 418 g/mol. The SMILES string of the molecule is C=CCNS(=O)(=O)c1ccc(C(=O)Nc2cc(C(C)(C)C)nn2C(C)(C)C)cc1. The van der Waals surface area contributed by atoms with Crippen LogP contribution < -0.4 is 10.0 Å². The summed E-state index contributed by atoms with van der Waals surface area (Å²) in [7, 11) is -3.63. The van der Waals surface area contributed by atoms with Crippen LogP contribution in [0.15, 0.2) is 47.9 Å². The van der Waals surface area contributed by atoms with E-state index < -0.39 is 10.0 Å². The van der Waals surface area contributed by atoms with Crippen LogP contribution in [0.25, 0.3) is 0 Å². The molecule has 1 amide bonds. The summed E-state index contributed by atoms with van der Waals surface area (Å²) >= 11 is 0. The maximum Gasteiger partial charge on any atom is 0.256 e. The first-order valence-corrected chi connectivity index (χ1v) is 10.9. The van der Waals surface area contributed by atoms with Crippen LogP contribution in [-0.2, 0) is 21.0 Å². The summed E-state index contributed by atoms with van der Waals surface area (Å²) < 4.78 is 28.5. The van der Waals surface area contributed by atoms with Crippen molar-refractivity contribution in [3.63, 3.8) is 0 Å². The molecule has 8 heteroatoms. The number of anilines is 1. The standard InChI is InChI=1S/C21H30N4O3S/c1-8-13-22-29(27,28)16-11-9-15(10-12-16)19(26)23-18-14-17(20(2,3)4)24-25(18)21(5,6)7/h8-12,14,22H,1,13H2,2-7H3,(H,23,26). The molecule has 2 aromatic rings.